The van der Waals surface area contributed by atoms with Crippen molar-refractivity contribution in [2.24, 2.45) is 9.98 Å². The van der Waals surface area contributed by atoms with E-state index in [1.165, 1.54) is 26.9 Å². The lowest BCUT2D eigenvalue weighted by atomic mass is 10.0. The first-order valence-corrected chi connectivity index (χ1v) is 19.9. The number of nitrogens with zero attached hydrogens (tertiary/aromatic N) is 3. The van der Waals surface area contributed by atoms with Crippen molar-refractivity contribution in [2.75, 3.05) is 0 Å². The minimum atomic E-state index is -0.384. The fourth-order valence-electron chi connectivity index (χ4n) is 9.21. The molecule has 6 nitrogen and oxygen atoms in total. The van der Waals surface area contributed by atoms with E-state index in [2.05, 4.69) is 155 Å². The van der Waals surface area contributed by atoms with Crippen molar-refractivity contribution in [3.8, 4) is 5.69 Å². The third-order valence-corrected chi connectivity index (χ3v) is 12.0. The van der Waals surface area contributed by atoms with Crippen molar-refractivity contribution in [3.05, 3.63) is 199 Å². The van der Waals surface area contributed by atoms with Gasteiger partial charge in [-0.05, 0) is 93.8 Å². The lowest BCUT2D eigenvalue weighted by Crippen LogP contribution is -2.33. The number of nitrogens with one attached hydrogen (secondary N) is 1. The molecule has 6 heteroatoms. The number of furan rings is 2. The Morgan fingerprint density at radius 1 is 0.458 bits per heavy atom. The van der Waals surface area contributed by atoms with Gasteiger partial charge in [0.2, 0.25) is 0 Å². The minimum Gasteiger partial charge on any atom is -0.456 e. The molecule has 4 heterocycles. The monoisotopic (exact) mass is 756 g/mol. The number of fused-ring (bicyclic) bond motifs is 11. The van der Waals surface area contributed by atoms with Crippen molar-refractivity contribution < 1.29 is 8.83 Å². The lowest BCUT2D eigenvalue weighted by Gasteiger charge is -2.24. The highest BCUT2D eigenvalue weighted by Crippen LogP contribution is 2.39. The highest BCUT2D eigenvalue weighted by molar-refractivity contribution is 6.23. The van der Waals surface area contributed by atoms with E-state index in [0.717, 1.165) is 88.5 Å². The number of aromatic nitrogens is 1. The summed E-state index contributed by atoms with van der Waals surface area (Å²) in [5, 5.41) is 15.1. The molecule has 0 saturated carbocycles. The molecule has 0 bridgehead atoms. The van der Waals surface area contributed by atoms with Crippen LogP contribution in [0.2, 0.25) is 0 Å². The normalized spacial score (nSPS) is 14.6. The van der Waals surface area contributed by atoms with E-state index in [-0.39, 0.29) is 6.17 Å². The summed E-state index contributed by atoms with van der Waals surface area (Å²) in [6.07, 6.45) is -0.384. The largest absolute Gasteiger partial charge is 0.456 e. The Morgan fingerprint density at radius 2 is 1.19 bits per heavy atom. The molecule has 1 atom stereocenters. The molecule has 1 aliphatic rings. The van der Waals surface area contributed by atoms with Gasteiger partial charge in [-0.2, -0.15) is 0 Å². The molecule has 9 aromatic carbocycles. The first-order valence-electron chi connectivity index (χ1n) is 19.9. The highest BCUT2D eigenvalue weighted by Gasteiger charge is 2.25. The van der Waals surface area contributed by atoms with Crippen molar-refractivity contribution in [1.82, 2.24) is 9.88 Å². The van der Waals surface area contributed by atoms with Crippen LogP contribution in [-0.4, -0.2) is 16.2 Å². The average Bonchev–Trinajstić information content (AvgIpc) is 3.96. The van der Waals surface area contributed by atoms with Gasteiger partial charge in [-0.25, -0.2) is 9.98 Å². The van der Waals surface area contributed by atoms with E-state index in [9.17, 15) is 0 Å². The van der Waals surface area contributed by atoms with Crippen LogP contribution in [0.25, 0.3) is 92.9 Å². The van der Waals surface area contributed by atoms with Gasteiger partial charge >= 0.3 is 0 Å². The summed E-state index contributed by atoms with van der Waals surface area (Å²) in [6, 6.07) is 64.0. The Hall–Kier alpha value is -7.96. The van der Waals surface area contributed by atoms with Crippen LogP contribution in [0.15, 0.2) is 201 Å². The topological polar surface area (TPSA) is 68.0 Å². The highest BCUT2D eigenvalue weighted by atomic mass is 16.3. The van der Waals surface area contributed by atoms with Crippen molar-refractivity contribution in [2.45, 2.75) is 6.17 Å². The predicted molar refractivity (Wildman–Crippen MR) is 242 cm³/mol. The van der Waals surface area contributed by atoms with Gasteiger partial charge in [-0.15, -0.1) is 0 Å². The maximum Gasteiger partial charge on any atom is 0.160 e. The van der Waals surface area contributed by atoms with Crippen molar-refractivity contribution in [1.29, 1.82) is 0 Å². The number of aliphatic imine (C=N–C) groups is 2. The summed E-state index contributed by atoms with van der Waals surface area (Å²) in [5.74, 6) is 1.38. The molecule has 59 heavy (non-hydrogen) atoms. The van der Waals surface area contributed by atoms with Gasteiger partial charge in [0.1, 0.15) is 34.3 Å². The molecule has 12 aromatic rings. The van der Waals surface area contributed by atoms with Crippen LogP contribution in [0, 0.1) is 0 Å². The summed E-state index contributed by atoms with van der Waals surface area (Å²) >= 11 is 0. The molecule has 1 N–H and O–H groups in total. The number of hydrogen-bond acceptors (Lipinski definition) is 5. The molecule has 13 rings (SSSR count). The minimum absolute atomic E-state index is 0.384. The number of hydrogen-bond donors (Lipinski definition) is 1. The van der Waals surface area contributed by atoms with Crippen molar-refractivity contribution in [3.63, 3.8) is 0 Å². The SMILES string of the molecule is c1ccc2cc(C3N=C(c4cccc5oc6cc(-n7c8ccccc8c8cc9ccccc9cc87)ccc6c45)N=C(c4ccc5oc6ccccc6c5c4)N3)ccc2c1. The van der Waals surface area contributed by atoms with Crippen LogP contribution in [0.1, 0.15) is 22.9 Å². The molecule has 0 aliphatic carbocycles. The summed E-state index contributed by atoms with van der Waals surface area (Å²) in [5.41, 5.74) is 9.57. The van der Waals surface area contributed by atoms with E-state index in [1.54, 1.807) is 0 Å². The Kier molecular flexibility index (Phi) is 6.69. The van der Waals surface area contributed by atoms with E-state index >= 15 is 0 Å². The maximum absolute atomic E-state index is 6.73. The smallest absolute Gasteiger partial charge is 0.160 e. The Bertz CT molecular complexity index is 3790. The van der Waals surface area contributed by atoms with E-state index < -0.39 is 0 Å². The van der Waals surface area contributed by atoms with E-state index in [0.29, 0.717) is 5.84 Å². The first kappa shape index (κ1) is 32.2. The van der Waals surface area contributed by atoms with Crippen LogP contribution >= 0.6 is 0 Å². The second-order valence-corrected chi connectivity index (χ2v) is 15.4. The molecule has 0 fully saturated rings. The van der Waals surface area contributed by atoms with Gasteiger partial charge in [-0.1, -0.05) is 109 Å². The zero-order chi connectivity index (χ0) is 38.6. The zero-order valence-electron chi connectivity index (χ0n) is 31.6. The van der Waals surface area contributed by atoms with Gasteiger partial charge in [0.15, 0.2) is 5.84 Å². The predicted octanol–water partition coefficient (Wildman–Crippen LogP) is 13.4. The molecule has 0 amide bonds. The number of para-hydroxylation sites is 2. The summed E-state index contributed by atoms with van der Waals surface area (Å²) in [6.45, 7) is 0. The van der Waals surface area contributed by atoms with E-state index in [1.807, 2.05) is 36.4 Å². The average molecular weight is 757 g/mol. The molecule has 0 spiro atoms. The molecule has 1 unspecified atom stereocenters. The fourth-order valence-corrected chi connectivity index (χ4v) is 9.21. The molecule has 1 aliphatic heterocycles. The molecule has 3 aromatic heterocycles. The Labute approximate surface area is 336 Å². The molecule has 0 radical (unpaired) electrons. The molecular formula is C53H32N4O2. The Balaban J connectivity index is 0.992. The number of rotatable bonds is 4. The van der Waals surface area contributed by atoms with E-state index in [4.69, 9.17) is 18.8 Å². The van der Waals surface area contributed by atoms with Gasteiger partial charge in [0.25, 0.3) is 0 Å². The summed E-state index contributed by atoms with van der Waals surface area (Å²) in [4.78, 5) is 10.6. The summed E-state index contributed by atoms with van der Waals surface area (Å²) < 4.78 is 15.3. The van der Waals surface area contributed by atoms with Crippen LogP contribution in [0.5, 0.6) is 0 Å². The Morgan fingerprint density at radius 3 is 2.08 bits per heavy atom. The molecule has 0 saturated heterocycles. The molecule has 276 valence electrons. The van der Waals surface area contributed by atoms with Crippen LogP contribution < -0.4 is 5.32 Å². The fraction of sp³-hybridized carbons (Fsp3) is 0.0189. The lowest BCUT2D eigenvalue weighted by molar-refractivity contribution is 0.667. The maximum atomic E-state index is 6.73. The molecular weight excluding hydrogens is 725 g/mol. The van der Waals surface area contributed by atoms with Crippen molar-refractivity contribution >= 4 is 98.9 Å². The third kappa shape index (κ3) is 4.93. The zero-order valence-corrected chi connectivity index (χ0v) is 31.6. The second-order valence-electron chi connectivity index (χ2n) is 15.4. The first-order chi connectivity index (χ1) is 29.2. The van der Waals surface area contributed by atoms with Crippen LogP contribution in [0.3, 0.4) is 0 Å². The number of benzene rings is 9. The van der Waals surface area contributed by atoms with Gasteiger partial charge in [-0.3, -0.25) is 0 Å². The second kappa shape index (κ2) is 12.3. The van der Waals surface area contributed by atoms with Crippen LogP contribution in [-0.2, 0) is 0 Å². The third-order valence-electron chi connectivity index (χ3n) is 12.0. The summed E-state index contributed by atoms with van der Waals surface area (Å²) in [7, 11) is 0. The number of amidine groups is 2. The van der Waals surface area contributed by atoms with Gasteiger partial charge in [0, 0.05) is 55.2 Å². The van der Waals surface area contributed by atoms with Gasteiger partial charge < -0.3 is 18.7 Å². The van der Waals surface area contributed by atoms with Gasteiger partial charge in [0.05, 0.1) is 11.0 Å². The van der Waals surface area contributed by atoms with Crippen LogP contribution in [0.4, 0.5) is 0 Å². The standard InChI is InChI=1S/C53H32N4O2/c1-2-11-32-26-35(21-20-31(32)10-1)51-54-52(36-22-25-47-43(28-36)39-15-6-8-18-46(39)58-47)56-53(55-51)41-16-9-19-48-50(41)40-24-23-37(30-49(40)59-48)57-44-17-7-5-14-38(44)42-27-33-12-3-4-13-34(33)29-45(42)57/h1-30,51H,(H,54,55,56). The quantitative estimate of drug-likeness (QED) is 0.194.